The van der Waals surface area contributed by atoms with Crippen molar-refractivity contribution in [2.24, 2.45) is 5.10 Å². The third kappa shape index (κ3) is 3.11. The highest BCUT2D eigenvalue weighted by Crippen LogP contribution is 2.21. The minimum Gasteiger partial charge on any atom is -0.266 e. The maximum absolute atomic E-state index is 4.67. The Morgan fingerprint density at radius 2 is 1.92 bits per heavy atom. The van der Waals surface area contributed by atoms with Gasteiger partial charge in [0.1, 0.15) is 5.03 Å². The van der Waals surface area contributed by atoms with Crippen molar-refractivity contribution >= 4 is 18.5 Å². The molecule has 1 aliphatic heterocycles. The molecular weight excluding hydrogens is 332 g/mol. The van der Waals surface area contributed by atoms with E-state index in [1.54, 1.807) is 10.9 Å². The molecule has 0 saturated carbocycles. The predicted octanol–water partition coefficient (Wildman–Crippen LogP) is 2.66. The third-order valence-electron chi connectivity index (χ3n) is 4.01. The Kier molecular flexibility index (Phi) is 4.17. The Bertz CT molecular complexity index is 918. The average Bonchev–Trinajstić information content (AvgIpc) is 3.22. The first-order valence-corrected chi connectivity index (χ1v) is 8.41. The number of hydrazine groups is 2. The van der Waals surface area contributed by atoms with Crippen molar-refractivity contribution in [3.05, 3.63) is 77.5 Å². The van der Waals surface area contributed by atoms with Gasteiger partial charge >= 0.3 is 0 Å². The van der Waals surface area contributed by atoms with Gasteiger partial charge in [0, 0.05) is 0 Å². The molecule has 4 rings (SSSR count). The monoisotopic (exact) mass is 350 g/mol. The summed E-state index contributed by atoms with van der Waals surface area (Å²) in [7, 11) is 0. The van der Waals surface area contributed by atoms with E-state index in [0.717, 1.165) is 22.1 Å². The van der Waals surface area contributed by atoms with Crippen LogP contribution in [0.5, 0.6) is 0 Å². The van der Waals surface area contributed by atoms with Crippen LogP contribution in [0.25, 0.3) is 5.69 Å². The minimum absolute atomic E-state index is 0.678. The van der Waals surface area contributed by atoms with Crippen molar-refractivity contribution in [1.29, 1.82) is 0 Å². The molecule has 0 saturated heterocycles. The van der Waals surface area contributed by atoms with Crippen LogP contribution in [-0.4, -0.2) is 20.6 Å². The van der Waals surface area contributed by atoms with E-state index in [9.17, 15) is 0 Å². The van der Waals surface area contributed by atoms with Crippen molar-refractivity contribution in [2.75, 3.05) is 0 Å². The smallest absolute Gasteiger partial charge is 0.177 e. The Hall–Kier alpha value is -2.77. The van der Waals surface area contributed by atoms with Crippen LogP contribution >= 0.6 is 12.6 Å². The second kappa shape index (κ2) is 6.62. The summed E-state index contributed by atoms with van der Waals surface area (Å²) in [5, 5.41) is 11.5. The maximum atomic E-state index is 4.67. The number of hydrogen-bond acceptors (Lipinski definition) is 6. The number of nitrogens with one attached hydrogen (secondary N) is 2. The van der Waals surface area contributed by atoms with Gasteiger partial charge in [0.2, 0.25) is 0 Å². The molecule has 0 bridgehead atoms. The largest absolute Gasteiger partial charge is 0.266 e. The Balaban J connectivity index is 1.62. The van der Waals surface area contributed by atoms with E-state index in [1.807, 2.05) is 35.3 Å². The number of nitrogens with zero attached hydrogens (tertiary/aromatic N) is 4. The molecule has 3 aromatic rings. The molecule has 0 aliphatic carbocycles. The lowest BCUT2D eigenvalue weighted by atomic mass is 10.1. The fourth-order valence-corrected chi connectivity index (χ4v) is 3.15. The van der Waals surface area contributed by atoms with Gasteiger partial charge in [-0.3, -0.25) is 5.01 Å². The van der Waals surface area contributed by atoms with Crippen LogP contribution in [0.15, 0.2) is 70.9 Å². The normalized spacial score (nSPS) is 13.7. The zero-order chi connectivity index (χ0) is 17.2. The van der Waals surface area contributed by atoms with Crippen LogP contribution in [0.2, 0.25) is 0 Å². The van der Waals surface area contributed by atoms with Crippen LogP contribution in [0.3, 0.4) is 0 Å². The number of thiol groups is 1. The molecule has 2 N–H and O–H groups in total. The molecule has 0 unspecified atom stereocenters. The van der Waals surface area contributed by atoms with Crippen molar-refractivity contribution in [3.63, 3.8) is 0 Å². The number of rotatable bonds is 4. The average molecular weight is 350 g/mol. The molecule has 0 radical (unpaired) electrons. The molecular formula is C18H18N6S. The topological polar surface area (TPSA) is 57.5 Å². The lowest BCUT2D eigenvalue weighted by Gasteiger charge is -2.19. The van der Waals surface area contributed by atoms with Crippen LogP contribution in [0.4, 0.5) is 0 Å². The van der Waals surface area contributed by atoms with Crippen molar-refractivity contribution in [1.82, 2.24) is 25.9 Å². The van der Waals surface area contributed by atoms with Crippen molar-refractivity contribution < 1.29 is 0 Å². The van der Waals surface area contributed by atoms with E-state index in [-0.39, 0.29) is 0 Å². The molecule has 2 heterocycles. The van der Waals surface area contributed by atoms with Crippen molar-refractivity contribution in [2.45, 2.75) is 18.5 Å². The molecule has 1 aromatic heterocycles. The van der Waals surface area contributed by atoms with Gasteiger partial charge in [-0.25, -0.2) is 10.2 Å². The van der Waals surface area contributed by atoms with Gasteiger partial charge < -0.3 is 0 Å². The summed E-state index contributed by atoms with van der Waals surface area (Å²) in [5.41, 5.74) is 10.1. The second-order valence-corrected chi connectivity index (χ2v) is 6.29. The quantitative estimate of drug-likeness (QED) is 0.633. The lowest BCUT2D eigenvalue weighted by molar-refractivity contribution is 0.288. The van der Waals surface area contributed by atoms with E-state index in [0.29, 0.717) is 6.54 Å². The number of benzene rings is 2. The molecule has 2 aromatic carbocycles. The Labute approximate surface area is 151 Å². The number of hydrogen-bond donors (Lipinski definition) is 3. The van der Waals surface area contributed by atoms with Gasteiger partial charge in [-0.1, -0.05) is 48.0 Å². The van der Waals surface area contributed by atoms with E-state index in [4.69, 9.17) is 0 Å². The first-order valence-electron chi connectivity index (χ1n) is 7.96. The van der Waals surface area contributed by atoms with Gasteiger partial charge in [-0.05, 0) is 24.6 Å². The molecule has 0 atom stereocenters. The van der Waals surface area contributed by atoms with E-state index in [1.165, 1.54) is 11.1 Å². The van der Waals surface area contributed by atoms with E-state index < -0.39 is 0 Å². The summed E-state index contributed by atoms with van der Waals surface area (Å²) in [6, 6.07) is 18.3. The Morgan fingerprint density at radius 3 is 2.72 bits per heavy atom. The summed E-state index contributed by atoms with van der Waals surface area (Å²) in [6.07, 6.45) is 1.78. The van der Waals surface area contributed by atoms with Crippen LogP contribution in [0, 0.1) is 6.92 Å². The van der Waals surface area contributed by atoms with Gasteiger partial charge in [0.25, 0.3) is 0 Å². The van der Waals surface area contributed by atoms with Crippen LogP contribution < -0.4 is 11.1 Å². The van der Waals surface area contributed by atoms with E-state index >= 15 is 0 Å². The van der Waals surface area contributed by atoms with Crippen molar-refractivity contribution in [3.8, 4) is 5.69 Å². The molecule has 1 aliphatic rings. The fraction of sp³-hybridized carbons (Fsp3) is 0.111. The zero-order valence-electron chi connectivity index (χ0n) is 13.7. The number of amidine groups is 1. The lowest BCUT2D eigenvalue weighted by Crippen LogP contribution is -2.40. The van der Waals surface area contributed by atoms with Gasteiger partial charge in [-0.2, -0.15) is 5.10 Å². The fourth-order valence-electron chi connectivity index (χ4n) is 2.82. The molecule has 126 valence electrons. The van der Waals surface area contributed by atoms with Gasteiger partial charge in [-0.15, -0.1) is 23.3 Å². The Morgan fingerprint density at radius 1 is 1.08 bits per heavy atom. The van der Waals surface area contributed by atoms with E-state index in [2.05, 4.69) is 65.1 Å². The number of aromatic nitrogens is 2. The molecule has 0 spiro atoms. The summed E-state index contributed by atoms with van der Waals surface area (Å²) in [6.45, 7) is 2.77. The zero-order valence-corrected chi connectivity index (χ0v) is 14.6. The summed E-state index contributed by atoms with van der Waals surface area (Å²) in [5.74, 6) is 0.758. The highest BCUT2D eigenvalue weighted by molar-refractivity contribution is 7.80. The van der Waals surface area contributed by atoms with Crippen LogP contribution in [-0.2, 0) is 6.54 Å². The molecule has 0 fully saturated rings. The standard InChI is InChI=1S/C18H18N6S/c1-13-6-5-7-14(10-13)12-23-17(20-21-22-23)16-11-19-24(18(16)25)15-8-3-2-4-9-15/h2-11,21-22,25H,12H2,1H3. The molecule has 6 nitrogen and oxygen atoms in total. The third-order valence-corrected chi connectivity index (χ3v) is 4.44. The SMILES string of the molecule is Cc1cccc(CN2NNN=C2c2cnn(-c3ccccc3)c2S)c1. The second-order valence-electron chi connectivity index (χ2n) is 5.86. The number of para-hydroxylation sites is 1. The molecule has 25 heavy (non-hydrogen) atoms. The molecule has 7 heteroatoms. The highest BCUT2D eigenvalue weighted by atomic mass is 32.1. The van der Waals surface area contributed by atoms with Gasteiger partial charge in [0.05, 0.1) is 24.0 Å². The minimum atomic E-state index is 0.678. The number of hydrazone groups is 1. The summed E-state index contributed by atoms with van der Waals surface area (Å²) in [4.78, 5) is 0. The summed E-state index contributed by atoms with van der Waals surface area (Å²) < 4.78 is 1.80. The highest BCUT2D eigenvalue weighted by Gasteiger charge is 2.24. The maximum Gasteiger partial charge on any atom is 0.177 e. The number of aryl methyl sites for hydroxylation is 1. The first kappa shape index (κ1) is 15.7. The van der Waals surface area contributed by atoms with Gasteiger partial charge in [0.15, 0.2) is 5.84 Å². The van der Waals surface area contributed by atoms with Crippen LogP contribution in [0.1, 0.15) is 16.7 Å². The first-order chi connectivity index (χ1) is 12.2. The molecule has 0 amide bonds. The predicted molar refractivity (Wildman–Crippen MR) is 100 cm³/mol. The summed E-state index contributed by atoms with van der Waals surface area (Å²) >= 11 is 4.67.